The number of nitrogens with zero attached hydrogens (tertiary/aromatic N) is 3. The Bertz CT molecular complexity index is 677. The Kier molecular flexibility index (Phi) is 4.25. The van der Waals surface area contributed by atoms with Gasteiger partial charge in [0, 0.05) is 19.5 Å². The van der Waals surface area contributed by atoms with Gasteiger partial charge in [-0.2, -0.15) is 5.26 Å². The van der Waals surface area contributed by atoms with Crippen LogP contribution < -0.4 is 9.21 Å². The fourth-order valence-corrected chi connectivity index (χ4v) is 4.47. The summed E-state index contributed by atoms with van der Waals surface area (Å²) in [5, 5.41) is 8.59. The van der Waals surface area contributed by atoms with E-state index in [0.29, 0.717) is 13.0 Å². The number of sulfonamides is 1. The maximum Gasteiger partial charge on any atom is 0.235 e. The van der Waals surface area contributed by atoms with Crippen molar-refractivity contribution in [3.63, 3.8) is 0 Å². The molecule has 0 bridgehead atoms. The Morgan fingerprint density at radius 1 is 1.18 bits per heavy atom. The third-order valence-electron chi connectivity index (χ3n) is 4.27. The molecule has 5 nitrogen and oxygen atoms in total. The van der Waals surface area contributed by atoms with Crippen LogP contribution >= 0.6 is 0 Å². The first-order valence-corrected chi connectivity index (χ1v) is 9.44. The van der Waals surface area contributed by atoms with E-state index in [1.807, 2.05) is 30.3 Å². The van der Waals surface area contributed by atoms with Crippen molar-refractivity contribution in [2.45, 2.75) is 25.7 Å². The molecule has 0 unspecified atom stereocenters. The van der Waals surface area contributed by atoms with Crippen LogP contribution in [0.15, 0.2) is 24.3 Å². The minimum absolute atomic E-state index is 0.0392. The molecule has 22 heavy (non-hydrogen) atoms. The molecule has 0 saturated heterocycles. The molecule has 118 valence electrons. The molecule has 1 aliphatic carbocycles. The summed E-state index contributed by atoms with van der Waals surface area (Å²) in [6.45, 7) is 2.27. The van der Waals surface area contributed by atoms with E-state index < -0.39 is 10.0 Å². The highest BCUT2D eigenvalue weighted by atomic mass is 32.2. The zero-order chi connectivity index (χ0) is 15.6. The van der Waals surface area contributed by atoms with Gasteiger partial charge < -0.3 is 4.90 Å². The summed E-state index contributed by atoms with van der Waals surface area (Å²) >= 11 is 0. The van der Waals surface area contributed by atoms with Crippen LogP contribution in [-0.4, -0.2) is 33.8 Å². The molecule has 1 aliphatic heterocycles. The highest BCUT2D eigenvalue weighted by molar-refractivity contribution is 7.92. The maximum atomic E-state index is 12.6. The second-order valence-electron chi connectivity index (χ2n) is 6.03. The number of rotatable bonds is 6. The Morgan fingerprint density at radius 2 is 1.91 bits per heavy atom. The van der Waals surface area contributed by atoms with Crippen molar-refractivity contribution in [2.75, 3.05) is 34.6 Å². The number of fused-ring (bicyclic) bond motifs is 1. The van der Waals surface area contributed by atoms with Gasteiger partial charge in [-0.1, -0.05) is 12.1 Å². The molecule has 1 aromatic carbocycles. The fraction of sp³-hybridized carbons (Fsp3) is 0.562. The van der Waals surface area contributed by atoms with Crippen molar-refractivity contribution in [2.24, 2.45) is 5.92 Å². The van der Waals surface area contributed by atoms with Gasteiger partial charge in [0.15, 0.2) is 0 Å². The normalized spacial score (nSPS) is 18.0. The molecule has 0 atom stereocenters. The lowest BCUT2D eigenvalue weighted by Gasteiger charge is -2.38. The van der Waals surface area contributed by atoms with Crippen molar-refractivity contribution in [1.82, 2.24) is 0 Å². The predicted molar refractivity (Wildman–Crippen MR) is 87.4 cm³/mol. The molecule has 1 saturated carbocycles. The van der Waals surface area contributed by atoms with Gasteiger partial charge in [-0.25, -0.2) is 8.42 Å². The number of anilines is 2. The predicted octanol–water partition coefficient (Wildman–Crippen LogP) is 2.36. The van der Waals surface area contributed by atoms with Gasteiger partial charge in [-0.15, -0.1) is 0 Å². The first-order chi connectivity index (χ1) is 10.6. The summed E-state index contributed by atoms with van der Waals surface area (Å²) in [5.41, 5.74) is 1.80. The summed E-state index contributed by atoms with van der Waals surface area (Å²) in [7, 11) is -3.35. The summed E-state index contributed by atoms with van der Waals surface area (Å²) in [6.07, 6.45) is 3.25. The lowest BCUT2D eigenvalue weighted by Crippen LogP contribution is -2.45. The van der Waals surface area contributed by atoms with Crippen LogP contribution in [0.25, 0.3) is 0 Å². The quantitative estimate of drug-likeness (QED) is 0.755. The summed E-state index contributed by atoms with van der Waals surface area (Å²) < 4.78 is 26.7. The Labute approximate surface area is 132 Å². The van der Waals surface area contributed by atoms with E-state index in [1.165, 1.54) is 17.1 Å². The number of para-hydroxylation sites is 2. The maximum absolute atomic E-state index is 12.6. The highest BCUT2D eigenvalue weighted by Crippen LogP contribution is 2.38. The van der Waals surface area contributed by atoms with E-state index in [4.69, 9.17) is 5.26 Å². The molecule has 0 aromatic heterocycles. The van der Waals surface area contributed by atoms with Crippen molar-refractivity contribution >= 4 is 21.4 Å². The van der Waals surface area contributed by atoms with Gasteiger partial charge in [-0.05, 0) is 37.3 Å². The summed E-state index contributed by atoms with van der Waals surface area (Å²) in [5.74, 6) is 0.809. The molecule has 6 heteroatoms. The van der Waals surface area contributed by atoms with Gasteiger partial charge >= 0.3 is 0 Å². The molecular formula is C16H21N3O2S. The van der Waals surface area contributed by atoms with Crippen LogP contribution in [0.1, 0.15) is 25.7 Å². The molecular weight excluding hydrogens is 298 g/mol. The number of benzene rings is 1. The molecule has 1 heterocycles. The largest absolute Gasteiger partial charge is 0.368 e. The molecule has 1 fully saturated rings. The van der Waals surface area contributed by atoms with E-state index in [2.05, 4.69) is 4.90 Å². The molecule has 1 aromatic rings. The average molecular weight is 319 g/mol. The Balaban J connectivity index is 1.82. The van der Waals surface area contributed by atoms with Crippen molar-refractivity contribution in [3.8, 4) is 6.07 Å². The molecule has 0 radical (unpaired) electrons. The van der Waals surface area contributed by atoms with E-state index in [0.717, 1.165) is 30.4 Å². The van der Waals surface area contributed by atoms with Crippen LogP contribution in [-0.2, 0) is 10.0 Å². The van der Waals surface area contributed by atoms with Crippen LogP contribution in [0.3, 0.4) is 0 Å². The third kappa shape index (κ3) is 3.20. The lowest BCUT2D eigenvalue weighted by molar-refractivity contribution is 0.585. The second-order valence-corrected chi connectivity index (χ2v) is 8.04. The molecule has 0 N–H and O–H groups in total. The molecule has 3 rings (SSSR count). The number of hydrogen-bond donors (Lipinski definition) is 0. The molecule has 0 spiro atoms. The van der Waals surface area contributed by atoms with Crippen LogP contribution in [0.4, 0.5) is 11.4 Å². The zero-order valence-electron chi connectivity index (χ0n) is 12.6. The molecule has 0 amide bonds. The van der Waals surface area contributed by atoms with Crippen molar-refractivity contribution in [1.29, 1.82) is 5.26 Å². The zero-order valence-corrected chi connectivity index (χ0v) is 13.4. The third-order valence-corrected chi connectivity index (χ3v) is 6.12. The monoisotopic (exact) mass is 319 g/mol. The van der Waals surface area contributed by atoms with Gasteiger partial charge in [0.2, 0.25) is 10.0 Å². The minimum Gasteiger partial charge on any atom is -0.368 e. The van der Waals surface area contributed by atoms with E-state index >= 15 is 0 Å². The Hall–Kier alpha value is -1.74. The van der Waals surface area contributed by atoms with Crippen LogP contribution in [0, 0.1) is 17.2 Å². The van der Waals surface area contributed by atoms with Gasteiger partial charge in [0.25, 0.3) is 0 Å². The highest BCUT2D eigenvalue weighted by Gasteiger charge is 2.32. The Morgan fingerprint density at radius 3 is 2.59 bits per heavy atom. The first kappa shape index (κ1) is 15.2. The minimum atomic E-state index is -3.35. The van der Waals surface area contributed by atoms with Crippen molar-refractivity contribution in [3.05, 3.63) is 24.3 Å². The second kappa shape index (κ2) is 6.17. The van der Waals surface area contributed by atoms with Crippen molar-refractivity contribution < 1.29 is 8.42 Å². The first-order valence-electron chi connectivity index (χ1n) is 7.83. The van der Waals surface area contributed by atoms with Crippen LogP contribution in [0.5, 0.6) is 0 Å². The van der Waals surface area contributed by atoms with E-state index in [1.54, 1.807) is 0 Å². The topological polar surface area (TPSA) is 64.4 Å². The average Bonchev–Trinajstić information content (AvgIpc) is 3.31. The van der Waals surface area contributed by atoms with Gasteiger partial charge in [0.05, 0.1) is 29.7 Å². The van der Waals surface area contributed by atoms with E-state index in [-0.39, 0.29) is 12.2 Å². The van der Waals surface area contributed by atoms with Crippen LogP contribution in [0.2, 0.25) is 0 Å². The number of hydrogen-bond acceptors (Lipinski definition) is 4. The fourth-order valence-electron chi connectivity index (χ4n) is 2.93. The standard InChI is InChI=1S/C16H21N3O2S/c17-9-3-4-12-22(20,21)19-11-10-18(13-14-7-8-14)15-5-1-2-6-16(15)19/h1-2,5-6,14H,3-4,7-8,10-13H2. The number of unbranched alkanes of at least 4 members (excludes halogenated alkanes) is 1. The number of nitriles is 1. The molecule has 2 aliphatic rings. The smallest absolute Gasteiger partial charge is 0.235 e. The van der Waals surface area contributed by atoms with Gasteiger partial charge in [0.1, 0.15) is 0 Å². The van der Waals surface area contributed by atoms with E-state index in [9.17, 15) is 8.42 Å². The van der Waals surface area contributed by atoms with Gasteiger partial charge in [-0.3, -0.25) is 4.31 Å². The summed E-state index contributed by atoms with van der Waals surface area (Å²) in [6, 6.07) is 9.75. The lowest BCUT2D eigenvalue weighted by atomic mass is 10.2. The summed E-state index contributed by atoms with van der Waals surface area (Å²) in [4.78, 5) is 2.31. The SMILES string of the molecule is N#CCCCS(=O)(=O)N1CCN(CC2CC2)c2ccccc21.